The number of nitrogens with zero attached hydrogens (tertiary/aromatic N) is 3. The molecule has 0 spiro atoms. The molecule has 16 nitrogen and oxygen atoms in total. The Bertz CT molecular complexity index is 1410. The van der Waals surface area contributed by atoms with Crippen molar-refractivity contribution in [3.8, 4) is 11.5 Å². The van der Waals surface area contributed by atoms with Crippen molar-refractivity contribution in [2.45, 2.75) is 68.6 Å². The van der Waals surface area contributed by atoms with Crippen LogP contribution in [0.2, 0.25) is 0 Å². The number of rotatable bonds is 17. The molecular formula is C34H47N5O11. The van der Waals surface area contributed by atoms with Crippen molar-refractivity contribution in [3.05, 3.63) is 70.1 Å². The highest BCUT2D eigenvalue weighted by molar-refractivity contribution is 5.88. The zero-order valence-electron chi connectivity index (χ0n) is 28.2. The van der Waals surface area contributed by atoms with Crippen LogP contribution in [0.5, 0.6) is 11.5 Å². The van der Waals surface area contributed by atoms with E-state index in [0.717, 1.165) is 11.1 Å². The minimum Gasteiger partial charge on any atom is -0.497 e. The fraction of sp³-hybridized carbons (Fsp3) is 0.588. The molecule has 0 bridgehead atoms. The van der Waals surface area contributed by atoms with Crippen molar-refractivity contribution in [1.29, 1.82) is 0 Å². The number of carbonyl (C=O) groups is 2. The van der Waals surface area contributed by atoms with E-state index in [4.69, 9.17) is 29.2 Å². The number of amides is 2. The van der Waals surface area contributed by atoms with Crippen molar-refractivity contribution in [2.75, 3.05) is 47.1 Å². The number of aliphatic hydroxyl groups excluding tert-OH is 4. The molecule has 1 saturated heterocycles. The average Bonchev–Trinajstić information content (AvgIpc) is 3.14. The van der Waals surface area contributed by atoms with E-state index in [1.54, 1.807) is 14.2 Å². The smallest absolute Gasteiger partial charge is 0.224 e. The topological polar surface area (TPSA) is 234 Å². The first kappa shape index (κ1) is 38.8. The second-order valence-electron chi connectivity index (χ2n) is 12.2. The first-order valence-electron chi connectivity index (χ1n) is 16.6. The Hall–Kier alpha value is -3.99. The molecule has 1 aliphatic heterocycles. The molecule has 9 atom stereocenters. The highest BCUT2D eigenvalue weighted by Crippen LogP contribution is 2.36. The van der Waals surface area contributed by atoms with E-state index in [2.05, 4.69) is 20.7 Å². The third-order valence-electron chi connectivity index (χ3n) is 9.03. The van der Waals surface area contributed by atoms with Crippen LogP contribution in [0.4, 0.5) is 0 Å². The van der Waals surface area contributed by atoms with E-state index in [1.807, 2.05) is 48.5 Å². The van der Waals surface area contributed by atoms with Gasteiger partial charge in [-0.05, 0) is 66.6 Å². The quantitative estimate of drug-likeness (QED) is 0.0579. The van der Waals surface area contributed by atoms with E-state index in [0.29, 0.717) is 30.9 Å². The third kappa shape index (κ3) is 10.5. The summed E-state index contributed by atoms with van der Waals surface area (Å²) in [5.41, 5.74) is 10.7. The minimum absolute atomic E-state index is 0.00618. The Morgan fingerprint density at radius 1 is 0.840 bits per heavy atom. The normalized spacial score (nSPS) is 27.8. The van der Waals surface area contributed by atoms with Crippen LogP contribution in [0.1, 0.15) is 24.0 Å². The number of methoxy groups -OCH3 is 2. The lowest BCUT2D eigenvalue weighted by Gasteiger charge is -2.44. The monoisotopic (exact) mass is 701 g/mol. The second-order valence-corrected chi connectivity index (χ2v) is 12.2. The van der Waals surface area contributed by atoms with Gasteiger partial charge in [0.1, 0.15) is 35.9 Å². The summed E-state index contributed by atoms with van der Waals surface area (Å²) in [6.07, 6.45) is -8.37. The molecular weight excluding hydrogens is 654 g/mol. The van der Waals surface area contributed by atoms with E-state index in [-0.39, 0.29) is 44.4 Å². The highest BCUT2D eigenvalue weighted by Gasteiger charge is 2.49. The standard InChI is InChI=1S/C34H47N5O11/c1-46-22-7-3-20(4-8-22)11-13-36-32(44)24-17-26(48-16-15-38-39-35)27(49-34-31(43)30(42)29(41)28(19-40)50-34)18-25(24)33(45)37-14-12-21-5-9-23(47-2)10-6-21/h3-10,24-31,34,40-43H,11-19H2,1-2H3,(H,36,44)(H,37,45)/t24-,25-,26-,27-,28+,29+,30-,31-,34-/m0/s1. The van der Waals surface area contributed by atoms with Crippen molar-refractivity contribution >= 4 is 11.8 Å². The van der Waals surface area contributed by atoms with Gasteiger partial charge in [0, 0.05) is 24.5 Å². The van der Waals surface area contributed by atoms with Gasteiger partial charge >= 0.3 is 0 Å². The van der Waals surface area contributed by atoms with Crippen molar-refractivity contribution < 1.29 is 53.7 Å². The fourth-order valence-corrected chi connectivity index (χ4v) is 6.18. The maximum Gasteiger partial charge on any atom is 0.224 e. The van der Waals surface area contributed by atoms with Gasteiger partial charge in [-0.3, -0.25) is 9.59 Å². The summed E-state index contributed by atoms with van der Waals surface area (Å²) in [7, 11) is 3.16. The molecule has 4 rings (SSSR count). The van der Waals surface area contributed by atoms with Crippen LogP contribution < -0.4 is 20.1 Å². The minimum atomic E-state index is -1.69. The molecule has 2 aromatic carbocycles. The molecule has 16 heteroatoms. The van der Waals surface area contributed by atoms with Gasteiger partial charge in [0.2, 0.25) is 11.8 Å². The van der Waals surface area contributed by atoms with Gasteiger partial charge in [-0.15, -0.1) is 0 Å². The van der Waals surface area contributed by atoms with Crippen LogP contribution in [-0.2, 0) is 36.6 Å². The summed E-state index contributed by atoms with van der Waals surface area (Å²) in [5, 5.41) is 50.3. The Morgan fingerprint density at radius 2 is 1.36 bits per heavy atom. The summed E-state index contributed by atoms with van der Waals surface area (Å²) in [6, 6.07) is 14.9. The second kappa shape index (κ2) is 19.4. The molecule has 2 fully saturated rings. The SMILES string of the molecule is COc1ccc(CCNC(=O)[C@H]2C[C@H](OCCN=[N+]=[N-])[C@@H](O[C@H]3O[C@H](CO)[C@@H](O)[C@H](O)[C@@H]3O)C[C@@H]2C(=O)NCCc2ccc(OC)cc2)cc1. The Balaban J connectivity index is 1.51. The molecule has 1 aliphatic carbocycles. The maximum atomic E-state index is 13.8. The zero-order valence-corrected chi connectivity index (χ0v) is 28.2. The van der Waals surface area contributed by atoms with Crippen molar-refractivity contribution in [3.63, 3.8) is 0 Å². The Labute approximate surface area is 290 Å². The first-order valence-corrected chi connectivity index (χ1v) is 16.6. The average molecular weight is 702 g/mol. The van der Waals surface area contributed by atoms with Gasteiger partial charge in [0.05, 0.1) is 51.5 Å². The van der Waals surface area contributed by atoms with E-state index in [9.17, 15) is 30.0 Å². The number of carbonyl (C=O) groups excluding carboxylic acids is 2. The number of benzene rings is 2. The lowest BCUT2D eigenvalue weighted by Crippen LogP contribution is -2.61. The van der Waals surface area contributed by atoms with E-state index in [1.165, 1.54) is 0 Å². The molecule has 0 unspecified atom stereocenters. The van der Waals surface area contributed by atoms with Crippen LogP contribution >= 0.6 is 0 Å². The lowest BCUT2D eigenvalue weighted by molar-refractivity contribution is -0.321. The molecule has 1 heterocycles. The predicted octanol–water partition coefficient (Wildman–Crippen LogP) is 0.628. The van der Waals surface area contributed by atoms with E-state index >= 15 is 0 Å². The molecule has 0 radical (unpaired) electrons. The molecule has 274 valence electrons. The number of nitrogens with one attached hydrogen (secondary N) is 2. The van der Waals surface area contributed by atoms with Gasteiger partial charge in [-0.2, -0.15) is 0 Å². The maximum absolute atomic E-state index is 13.8. The molecule has 2 amide bonds. The summed E-state index contributed by atoms with van der Waals surface area (Å²) in [6.45, 7) is -0.0837. The summed E-state index contributed by atoms with van der Waals surface area (Å²) in [5.74, 6) is -1.05. The molecule has 1 saturated carbocycles. The molecule has 0 aromatic heterocycles. The van der Waals surface area contributed by atoms with Crippen LogP contribution in [-0.4, -0.2) is 122 Å². The number of hydrogen-bond donors (Lipinski definition) is 6. The van der Waals surface area contributed by atoms with Gasteiger partial charge in [-0.25, -0.2) is 0 Å². The zero-order chi connectivity index (χ0) is 36.0. The van der Waals surface area contributed by atoms with Crippen molar-refractivity contribution in [1.82, 2.24) is 10.6 Å². The molecule has 2 aliphatic rings. The predicted molar refractivity (Wildman–Crippen MR) is 178 cm³/mol. The Kier molecular flexibility index (Phi) is 15.1. The van der Waals surface area contributed by atoms with E-state index < -0.39 is 61.4 Å². The van der Waals surface area contributed by atoms with Crippen LogP contribution in [0.3, 0.4) is 0 Å². The van der Waals surface area contributed by atoms with Gasteiger partial charge in [0.15, 0.2) is 6.29 Å². The lowest BCUT2D eigenvalue weighted by atomic mass is 9.75. The van der Waals surface area contributed by atoms with Crippen LogP contribution in [0.15, 0.2) is 53.6 Å². The van der Waals surface area contributed by atoms with Crippen LogP contribution in [0.25, 0.3) is 10.4 Å². The molecule has 6 N–H and O–H groups in total. The Morgan fingerprint density at radius 3 is 1.84 bits per heavy atom. The summed E-state index contributed by atoms with van der Waals surface area (Å²) in [4.78, 5) is 30.3. The number of hydrogen-bond acceptors (Lipinski definition) is 12. The summed E-state index contributed by atoms with van der Waals surface area (Å²) >= 11 is 0. The number of ether oxygens (including phenoxy) is 5. The van der Waals surface area contributed by atoms with Crippen molar-refractivity contribution in [2.24, 2.45) is 17.0 Å². The fourth-order valence-electron chi connectivity index (χ4n) is 6.18. The van der Waals surface area contributed by atoms with Crippen LogP contribution in [0, 0.1) is 11.8 Å². The first-order chi connectivity index (χ1) is 24.2. The number of aliphatic hydroxyl groups is 4. The highest BCUT2D eigenvalue weighted by atomic mass is 16.7. The largest absolute Gasteiger partial charge is 0.497 e. The van der Waals surface area contributed by atoms with Gasteiger partial charge in [-0.1, -0.05) is 29.4 Å². The molecule has 2 aromatic rings. The number of azide groups is 1. The van der Waals surface area contributed by atoms with Gasteiger partial charge < -0.3 is 54.7 Å². The molecule has 50 heavy (non-hydrogen) atoms. The third-order valence-corrected chi connectivity index (χ3v) is 9.03. The van der Waals surface area contributed by atoms with Gasteiger partial charge in [0.25, 0.3) is 0 Å². The summed E-state index contributed by atoms with van der Waals surface area (Å²) < 4.78 is 28.1.